The lowest BCUT2D eigenvalue weighted by molar-refractivity contribution is -0.111. The van der Waals surface area contributed by atoms with E-state index in [2.05, 4.69) is 41.5 Å². The predicted octanol–water partition coefficient (Wildman–Crippen LogP) is 4.99. The highest BCUT2D eigenvalue weighted by molar-refractivity contribution is 6.02. The summed E-state index contributed by atoms with van der Waals surface area (Å²) in [5.41, 5.74) is 4.03. The molecule has 31 heavy (non-hydrogen) atoms. The van der Waals surface area contributed by atoms with Gasteiger partial charge in [0.05, 0.1) is 14.2 Å². The number of amides is 1. The standard InChI is InChI=1S/C26H28N2O3/c1-28(18-20-7-5-4-6-8-20)19-21-9-13-23(14-10-21)27-26(29)16-12-22-11-15-24(30-2)17-25(22)31-3/h4-17H,18-19H2,1-3H3,(H,27,29)/b16-12+. The minimum absolute atomic E-state index is 0.202. The molecule has 0 fully saturated rings. The number of carbonyl (C=O) groups excluding carboxylic acids is 1. The van der Waals surface area contributed by atoms with Crippen molar-refractivity contribution in [2.75, 3.05) is 26.6 Å². The third-order valence-electron chi connectivity index (χ3n) is 4.82. The topological polar surface area (TPSA) is 50.8 Å². The molecule has 5 heteroatoms. The number of nitrogens with one attached hydrogen (secondary N) is 1. The van der Waals surface area contributed by atoms with E-state index in [9.17, 15) is 4.79 Å². The van der Waals surface area contributed by atoms with E-state index in [0.717, 1.165) is 24.3 Å². The second-order valence-corrected chi connectivity index (χ2v) is 7.29. The third-order valence-corrected chi connectivity index (χ3v) is 4.82. The highest BCUT2D eigenvalue weighted by Gasteiger charge is 2.05. The molecule has 160 valence electrons. The first-order chi connectivity index (χ1) is 15.1. The number of rotatable bonds is 9. The first-order valence-electron chi connectivity index (χ1n) is 10.1. The van der Waals surface area contributed by atoms with Crippen LogP contribution in [0.5, 0.6) is 11.5 Å². The Morgan fingerprint density at radius 1 is 0.903 bits per heavy atom. The fourth-order valence-electron chi connectivity index (χ4n) is 3.26. The Hall–Kier alpha value is -3.57. The molecule has 1 amide bonds. The smallest absolute Gasteiger partial charge is 0.248 e. The molecule has 0 aliphatic rings. The Labute approximate surface area is 183 Å². The summed E-state index contributed by atoms with van der Waals surface area (Å²) in [6.45, 7) is 1.72. The van der Waals surface area contributed by atoms with E-state index in [1.165, 1.54) is 17.2 Å². The van der Waals surface area contributed by atoms with Crippen molar-refractivity contribution < 1.29 is 14.3 Å². The molecule has 0 atom stereocenters. The van der Waals surface area contributed by atoms with Gasteiger partial charge in [0.25, 0.3) is 0 Å². The van der Waals surface area contributed by atoms with Crippen LogP contribution < -0.4 is 14.8 Å². The largest absolute Gasteiger partial charge is 0.497 e. The first-order valence-corrected chi connectivity index (χ1v) is 10.1. The lowest BCUT2D eigenvalue weighted by Crippen LogP contribution is -2.17. The molecular formula is C26H28N2O3. The van der Waals surface area contributed by atoms with Crippen molar-refractivity contribution in [1.29, 1.82) is 0 Å². The summed E-state index contributed by atoms with van der Waals surface area (Å²) in [6, 6.07) is 23.8. The van der Waals surface area contributed by atoms with Crippen LogP contribution in [0.1, 0.15) is 16.7 Å². The SMILES string of the molecule is COc1ccc(/C=C/C(=O)Nc2ccc(CN(C)Cc3ccccc3)cc2)c(OC)c1. The van der Waals surface area contributed by atoms with Gasteiger partial charge in [-0.15, -0.1) is 0 Å². The Bertz CT molecular complexity index is 1010. The molecule has 0 heterocycles. The highest BCUT2D eigenvalue weighted by atomic mass is 16.5. The summed E-state index contributed by atoms with van der Waals surface area (Å²) in [6.07, 6.45) is 3.21. The van der Waals surface area contributed by atoms with E-state index >= 15 is 0 Å². The zero-order chi connectivity index (χ0) is 22.1. The molecule has 3 aromatic rings. The highest BCUT2D eigenvalue weighted by Crippen LogP contribution is 2.25. The van der Waals surface area contributed by atoms with Crippen LogP contribution in [0, 0.1) is 0 Å². The Balaban J connectivity index is 1.54. The Morgan fingerprint density at radius 2 is 1.58 bits per heavy atom. The molecule has 0 unspecified atom stereocenters. The van der Waals surface area contributed by atoms with Gasteiger partial charge in [0.2, 0.25) is 5.91 Å². The van der Waals surface area contributed by atoms with Gasteiger partial charge in [-0.3, -0.25) is 9.69 Å². The van der Waals surface area contributed by atoms with Crippen LogP contribution in [0.2, 0.25) is 0 Å². The van der Waals surface area contributed by atoms with Gasteiger partial charge in [-0.05, 0) is 48.5 Å². The van der Waals surface area contributed by atoms with Gasteiger partial charge in [-0.2, -0.15) is 0 Å². The zero-order valence-electron chi connectivity index (χ0n) is 18.2. The quantitative estimate of drug-likeness (QED) is 0.500. The van der Waals surface area contributed by atoms with Crippen molar-refractivity contribution in [2.24, 2.45) is 0 Å². The normalized spacial score (nSPS) is 11.0. The van der Waals surface area contributed by atoms with Crippen LogP contribution in [0.3, 0.4) is 0 Å². The Morgan fingerprint density at radius 3 is 2.23 bits per heavy atom. The van der Waals surface area contributed by atoms with Crippen molar-refractivity contribution >= 4 is 17.7 Å². The van der Waals surface area contributed by atoms with E-state index in [4.69, 9.17) is 9.47 Å². The number of nitrogens with zero attached hydrogens (tertiary/aromatic N) is 1. The number of carbonyl (C=O) groups is 1. The van der Waals surface area contributed by atoms with E-state index in [-0.39, 0.29) is 5.91 Å². The van der Waals surface area contributed by atoms with Gasteiger partial charge in [-0.1, -0.05) is 42.5 Å². The van der Waals surface area contributed by atoms with E-state index in [0.29, 0.717) is 11.5 Å². The summed E-state index contributed by atoms with van der Waals surface area (Å²) < 4.78 is 10.5. The van der Waals surface area contributed by atoms with Crippen molar-refractivity contribution in [3.8, 4) is 11.5 Å². The monoisotopic (exact) mass is 416 g/mol. The molecule has 1 N–H and O–H groups in total. The molecule has 0 saturated carbocycles. The average molecular weight is 417 g/mol. The minimum Gasteiger partial charge on any atom is -0.497 e. The van der Waals surface area contributed by atoms with Crippen LogP contribution in [-0.2, 0) is 17.9 Å². The number of anilines is 1. The van der Waals surface area contributed by atoms with Crippen molar-refractivity contribution in [3.63, 3.8) is 0 Å². The van der Waals surface area contributed by atoms with E-state index < -0.39 is 0 Å². The van der Waals surface area contributed by atoms with Crippen LogP contribution >= 0.6 is 0 Å². The van der Waals surface area contributed by atoms with Gasteiger partial charge in [0, 0.05) is 36.5 Å². The van der Waals surface area contributed by atoms with Crippen LogP contribution in [-0.4, -0.2) is 32.1 Å². The number of benzene rings is 3. The van der Waals surface area contributed by atoms with Crippen LogP contribution in [0.15, 0.2) is 78.9 Å². The van der Waals surface area contributed by atoms with Crippen molar-refractivity contribution in [2.45, 2.75) is 13.1 Å². The summed E-state index contributed by atoms with van der Waals surface area (Å²) in [5.74, 6) is 1.15. The lowest BCUT2D eigenvalue weighted by Gasteiger charge is -2.17. The fraction of sp³-hybridized carbons (Fsp3) is 0.192. The molecule has 0 radical (unpaired) electrons. The summed E-state index contributed by atoms with van der Waals surface area (Å²) in [7, 11) is 5.29. The maximum absolute atomic E-state index is 12.3. The molecule has 0 bridgehead atoms. The van der Waals surface area contributed by atoms with Gasteiger partial charge in [0.1, 0.15) is 11.5 Å². The van der Waals surface area contributed by atoms with E-state index in [1.807, 2.05) is 42.5 Å². The summed E-state index contributed by atoms with van der Waals surface area (Å²) in [4.78, 5) is 14.6. The van der Waals surface area contributed by atoms with Crippen molar-refractivity contribution in [3.05, 3.63) is 95.6 Å². The number of methoxy groups -OCH3 is 2. The number of hydrogen-bond acceptors (Lipinski definition) is 4. The maximum Gasteiger partial charge on any atom is 0.248 e. The molecule has 3 rings (SSSR count). The molecule has 3 aromatic carbocycles. The van der Waals surface area contributed by atoms with Crippen LogP contribution in [0.4, 0.5) is 5.69 Å². The number of hydrogen-bond donors (Lipinski definition) is 1. The van der Waals surface area contributed by atoms with Crippen LogP contribution in [0.25, 0.3) is 6.08 Å². The predicted molar refractivity (Wildman–Crippen MR) is 125 cm³/mol. The van der Waals surface area contributed by atoms with Gasteiger partial charge in [0.15, 0.2) is 0 Å². The lowest BCUT2D eigenvalue weighted by atomic mass is 10.1. The zero-order valence-corrected chi connectivity index (χ0v) is 18.2. The molecule has 0 aliphatic carbocycles. The number of ether oxygens (including phenoxy) is 2. The minimum atomic E-state index is -0.202. The Kier molecular flexibility index (Phi) is 7.85. The average Bonchev–Trinajstić information content (AvgIpc) is 2.79. The third kappa shape index (κ3) is 6.73. The molecule has 0 spiro atoms. The van der Waals surface area contributed by atoms with Gasteiger partial charge in [-0.25, -0.2) is 0 Å². The summed E-state index contributed by atoms with van der Waals surface area (Å²) in [5, 5.41) is 2.89. The molecular weight excluding hydrogens is 388 g/mol. The van der Waals surface area contributed by atoms with Gasteiger partial charge >= 0.3 is 0 Å². The van der Waals surface area contributed by atoms with Crippen molar-refractivity contribution in [1.82, 2.24) is 4.90 Å². The molecule has 0 aromatic heterocycles. The first kappa shape index (κ1) is 22.1. The maximum atomic E-state index is 12.3. The van der Waals surface area contributed by atoms with Gasteiger partial charge < -0.3 is 14.8 Å². The molecule has 0 saturated heterocycles. The fourth-order valence-corrected chi connectivity index (χ4v) is 3.26. The van der Waals surface area contributed by atoms with E-state index in [1.54, 1.807) is 26.4 Å². The molecule has 0 aliphatic heterocycles. The summed E-state index contributed by atoms with van der Waals surface area (Å²) >= 11 is 0. The molecule has 5 nitrogen and oxygen atoms in total. The second-order valence-electron chi connectivity index (χ2n) is 7.29. The second kappa shape index (κ2) is 11.0.